The van der Waals surface area contributed by atoms with Crippen LogP contribution in [0.5, 0.6) is 0 Å². The molecule has 1 rings (SSSR count). The Morgan fingerprint density at radius 3 is 2.83 bits per heavy atom. The number of nitrogens with one attached hydrogen (secondary N) is 1. The van der Waals surface area contributed by atoms with Crippen LogP contribution in [0.15, 0.2) is 0 Å². The third-order valence-electron chi connectivity index (χ3n) is 3.52. The maximum Gasteiger partial charge on any atom is 0.323 e. The van der Waals surface area contributed by atoms with Gasteiger partial charge in [-0.2, -0.15) is 0 Å². The molecule has 0 aromatic carbocycles. The summed E-state index contributed by atoms with van der Waals surface area (Å²) in [6.07, 6.45) is 4.05. The number of carbonyl (C=O) groups is 1. The number of hydrogen-bond donors (Lipinski definition) is 2. The van der Waals surface area contributed by atoms with Gasteiger partial charge in [0.05, 0.1) is 19.3 Å². The second kappa shape index (κ2) is 7.71. The first-order chi connectivity index (χ1) is 8.64. The lowest BCUT2D eigenvalue weighted by atomic mass is 9.80. The zero-order valence-electron chi connectivity index (χ0n) is 11.4. The van der Waals surface area contributed by atoms with Crippen LogP contribution in [0.25, 0.3) is 0 Å². The Morgan fingerprint density at radius 2 is 2.22 bits per heavy atom. The average molecular weight is 259 g/mol. The summed E-state index contributed by atoms with van der Waals surface area (Å²) in [6.45, 7) is 3.95. The van der Waals surface area contributed by atoms with Crippen molar-refractivity contribution in [1.82, 2.24) is 5.32 Å². The summed E-state index contributed by atoms with van der Waals surface area (Å²) in [6, 6.07) is 0. The van der Waals surface area contributed by atoms with Gasteiger partial charge in [-0.05, 0) is 32.7 Å². The molecule has 0 aliphatic heterocycles. The molecule has 1 aliphatic carbocycles. The summed E-state index contributed by atoms with van der Waals surface area (Å²) >= 11 is 0. The Morgan fingerprint density at radius 1 is 1.44 bits per heavy atom. The highest BCUT2D eigenvalue weighted by Crippen LogP contribution is 2.30. The van der Waals surface area contributed by atoms with Crippen LogP contribution in [0.2, 0.25) is 0 Å². The van der Waals surface area contributed by atoms with E-state index in [9.17, 15) is 9.90 Å². The van der Waals surface area contributed by atoms with Crippen molar-refractivity contribution in [3.63, 3.8) is 0 Å². The van der Waals surface area contributed by atoms with Crippen molar-refractivity contribution in [2.45, 2.75) is 50.7 Å². The van der Waals surface area contributed by atoms with E-state index in [1.807, 2.05) is 0 Å². The molecule has 0 aromatic rings. The zero-order valence-corrected chi connectivity index (χ0v) is 11.4. The fourth-order valence-electron chi connectivity index (χ4n) is 2.41. The summed E-state index contributed by atoms with van der Waals surface area (Å²) in [5, 5.41) is 12.3. The van der Waals surface area contributed by atoms with E-state index in [0.717, 1.165) is 25.9 Å². The number of rotatable bonds is 8. The van der Waals surface area contributed by atoms with E-state index >= 15 is 0 Å². The highest BCUT2D eigenvalue weighted by Gasteiger charge is 2.41. The molecule has 0 bridgehead atoms. The van der Waals surface area contributed by atoms with E-state index in [0.29, 0.717) is 26.1 Å². The van der Waals surface area contributed by atoms with Gasteiger partial charge in [-0.25, -0.2) is 0 Å². The van der Waals surface area contributed by atoms with Crippen molar-refractivity contribution in [2.24, 2.45) is 0 Å². The van der Waals surface area contributed by atoms with Crippen LogP contribution < -0.4 is 5.32 Å². The smallest absolute Gasteiger partial charge is 0.323 e. The van der Waals surface area contributed by atoms with Gasteiger partial charge in [0, 0.05) is 13.0 Å². The maximum atomic E-state index is 11.3. The molecule has 0 radical (unpaired) electrons. The minimum absolute atomic E-state index is 0.0209. The largest absolute Gasteiger partial charge is 0.480 e. The lowest BCUT2D eigenvalue weighted by Gasteiger charge is -2.37. The molecule has 106 valence electrons. The standard InChI is InChI=1S/C13H25NO4/c1-3-7-17-8-9-18-11-5-4-6-13(10-11,14-2)12(15)16/h11,14H,3-10H2,1-2H3,(H,15,16). The predicted octanol–water partition coefficient (Wildman–Crippen LogP) is 1.41. The van der Waals surface area contributed by atoms with Gasteiger partial charge in [0.1, 0.15) is 5.54 Å². The Hall–Kier alpha value is -0.650. The highest BCUT2D eigenvalue weighted by atomic mass is 16.5. The van der Waals surface area contributed by atoms with Crippen molar-refractivity contribution in [3.8, 4) is 0 Å². The lowest BCUT2D eigenvalue weighted by molar-refractivity contribution is -0.149. The maximum absolute atomic E-state index is 11.3. The quantitative estimate of drug-likeness (QED) is 0.645. The predicted molar refractivity (Wildman–Crippen MR) is 68.7 cm³/mol. The van der Waals surface area contributed by atoms with Crippen LogP contribution in [0.1, 0.15) is 39.0 Å². The van der Waals surface area contributed by atoms with Gasteiger partial charge in [-0.3, -0.25) is 4.79 Å². The molecular formula is C13H25NO4. The van der Waals surface area contributed by atoms with Crippen molar-refractivity contribution in [2.75, 3.05) is 26.9 Å². The second-order valence-corrected chi connectivity index (χ2v) is 4.84. The summed E-state index contributed by atoms with van der Waals surface area (Å²) in [4.78, 5) is 11.3. The minimum atomic E-state index is -0.812. The molecule has 1 saturated carbocycles. The number of aliphatic carboxylic acids is 1. The van der Waals surface area contributed by atoms with Gasteiger partial charge in [-0.15, -0.1) is 0 Å². The topological polar surface area (TPSA) is 67.8 Å². The Kier molecular flexibility index (Phi) is 6.60. The monoisotopic (exact) mass is 259 g/mol. The SMILES string of the molecule is CCCOCCOC1CCCC(NC)(C(=O)O)C1. The van der Waals surface area contributed by atoms with Crippen LogP contribution in [0.3, 0.4) is 0 Å². The molecule has 18 heavy (non-hydrogen) atoms. The van der Waals surface area contributed by atoms with Gasteiger partial charge in [0.25, 0.3) is 0 Å². The van der Waals surface area contributed by atoms with Gasteiger partial charge >= 0.3 is 5.97 Å². The molecule has 0 heterocycles. The van der Waals surface area contributed by atoms with Gasteiger partial charge < -0.3 is 19.9 Å². The Labute approximate surface area is 109 Å². The summed E-state index contributed by atoms with van der Waals surface area (Å²) in [5.41, 5.74) is -0.812. The Bertz CT molecular complexity index is 259. The van der Waals surface area contributed by atoms with E-state index < -0.39 is 11.5 Å². The van der Waals surface area contributed by atoms with E-state index in [1.165, 1.54) is 0 Å². The number of carboxylic acids is 1. The van der Waals surface area contributed by atoms with Gasteiger partial charge in [0.2, 0.25) is 0 Å². The van der Waals surface area contributed by atoms with E-state index in [-0.39, 0.29) is 6.10 Å². The van der Waals surface area contributed by atoms with Crippen molar-refractivity contribution in [1.29, 1.82) is 0 Å². The molecule has 5 nitrogen and oxygen atoms in total. The number of likely N-dealkylation sites (N-methyl/N-ethyl adjacent to an activating group) is 1. The van der Waals surface area contributed by atoms with E-state index in [2.05, 4.69) is 12.2 Å². The molecule has 1 fully saturated rings. The number of carboxylic acid groups (broad SMARTS) is 1. The molecule has 2 atom stereocenters. The van der Waals surface area contributed by atoms with Crippen LogP contribution in [-0.4, -0.2) is 49.6 Å². The van der Waals surface area contributed by atoms with E-state index in [4.69, 9.17) is 9.47 Å². The fraction of sp³-hybridized carbons (Fsp3) is 0.923. The molecule has 2 unspecified atom stereocenters. The minimum Gasteiger partial charge on any atom is -0.480 e. The summed E-state index contributed by atoms with van der Waals surface area (Å²) in [5.74, 6) is -0.777. The first-order valence-corrected chi connectivity index (χ1v) is 6.76. The molecule has 5 heteroatoms. The van der Waals surface area contributed by atoms with Crippen molar-refractivity contribution < 1.29 is 19.4 Å². The first-order valence-electron chi connectivity index (χ1n) is 6.76. The van der Waals surface area contributed by atoms with Crippen LogP contribution in [-0.2, 0) is 14.3 Å². The molecule has 0 saturated heterocycles. The van der Waals surface area contributed by atoms with Crippen molar-refractivity contribution >= 4 is 5.97 Å². The van der Waals surface area contributed by atoms with E-state index in [1.54, 1.807) is 7.05 Å². The first kappa shape index (κ1) is 15.4. The normalized spacial score (nSPS) is 28.2. The molecular weight excluding hydrogens is 234 g/mol. The van der Waals surface area contributed by atoms with Crippen LogP contribution in [0, 0.1) is 0 Å². The third-order valence-corrected chi connectivity index (χ3v) is 3.52. The van der Waals surface area contributed by atoms with Gasteiger partial charge in [0.15, 0.2) is 0 Å². The fourth-order valence-corrected chi connectivity index (χ4v) is 2.41. The molecule has 0 amide bonds. The molecule has 0 spiro atoms. The summed E-state index contributed by atoms with van der Waals surface area (Å²) in [7, 11) is 1.71. The van der Waals surface area contributed by atoms with Crippen LogP contribution in [0.4, 0.5) is 0 Å². The second-order valence-electron chi connectivity index (χ2n) is 4.84. The lowest BCUT2D eigenvalue weighted by Crippen LogP contribution is -2.54. The molecule has 2 N–H and O–H groups in total. The summed E-state index contributed by atoms with van der Waals surface area (Å²) < 4.78 is 11.1. The average Bonchev–Trinajstić information content (AvgIpc) is 2.38. The Balaban J connectivity index is 2.32. The number of hydrogen-bond acceptors (Lipinski definition) is 4. The van der Waals surface area contributed by atoms with Crippen molar-refractivity contribution in [3.05, 3.63) is 0 Å². The molecule has 1 aliphatic rings. The van der Waals surface area contributed by atoms with Crippen LogP contribution >= 0.6 is 0 Å². The van der Waals surface area contributed by atoms with Gasteiger partial charge in [-0.1, -0.05) is 6.92 Å². The highest BCUT2D eigenvalue weighted by molar-refractivity contribution is 5.79. The number of ether oxygens (including phenoxy) is 2. The third kappa shape index (κ3) is 4.23. The zero-order chi connectivity index (χ0) is 13.4. The molecule has 0 aromatic heterocycles.